The van der Waals surface area contributed by atoms with E-state index in [9.17, 15) is 9.59 Å². The summed E-state index contributed by atoms with van der Waals surface area (Å²) in [5.41, 5.74) is 0.640. The Morgan fingerprint density at radius 1 is 1.05 bits per heavy atom. The smallest absolute Gasteiger partial charge is 0.311 e. The van der Waals surface area contributed by atoms with Crippen LogP contribution in [0.25, 0.3) is 0 Å². The minimum absolute atomic E-state index is 0.00220. The number of nitrogens with zero attached hydrogens (tertiary/aromatic N) is 1. The fraction of sp³-hybridized carbons (Fsp3) is 0.853. The van der Waals surface area contributed by atoms with Gasteiger partial charge in [-0.05, 0) is 91.8 Å². The Bertz CT molecular complexity index is 1090. The summed E-state index contributed by atoms with van der Waals surface area (Å²) in [5, 5.41) is 4.19. The molecule has 0 radical (unpaired) electrons. The summed E-state index contributed by atoms with van der Waals surface area (Å²) in [6.07, 6.45) is 12.1. The van der Waals surface area contributed by atoms with E-state index in [0.29, 0.717) is 30.5 Å². The number of fused-ring (bicyclic) bond motifs is 4. The third-order valence-corrected chi connectivity index (χ3v) is 12.6. The number of ketones is 1. The van der Waals surface area contributed by atoms with Crippen molar-refractivity contribution in [1.82, 2.24) is 5.16 Å². The normalized spacial score (nSPS) is 35.4. The molecule has 0 bridgehead atoms. The first-order chi connectivity index (χ1) is 18.0. The number of rotatable bonds is 9. The Balaban J connectivity index is 1.64. The number of Topliss-reactive ketones (excluding diaryl/α,β-unsaturated/α-hetero) is 1. The molecular formula is C34H55NO4. The molecule has 220 valence electrons. The molecule has 0 amide bonds. The summed E-state index contributed by atoms with van der Waals surface area (Å²) in [6, 6.07) is 0. The van der Waals surface area contributed by atoms with E-state index in [1.165, 1.54) is 12.7 Å². The molecule has 0 aromatic carbocycles. The van der Waals surface area contributed by atoms with Gasteiger partial charge in [-0.2, -0.15) is 0 Å². The van der Waals surface area contributed by atoms with Gasteiger partial charge >= 0.3 is 5.97 Å². The maximum atomic E-state index is 13.6. The molecule has 5 heteroatoms. The number of aromatic nitrogens is 1. The second kappa shape index (κ2) is 10.0. The second-order valence-electron chi connectivity index (χ2n) is 16.1. The highest BCUT2D eigenvalue weighted by Crippen LogP contribution is 2.71. The lowest BCUT2D eigenvalue weighted by Gasteiger charge is -2.67. The van der Waals surface area contributed by atoms with Crippen LogP contribution in [0.5, 0.6) is 0 Å². The van der Waals surface area contributed by atoms with Crippen molar-refractivity contribution in [2.24, 2.45) is 38.9 Å². The molecule has 3 aliphatic carbocycles. The number of esters is 1. The number of methoxy groups -OCH3 is 1. The van der Waals surface area contributed by atoms with Crippen LogP contribution in [0.3, 0.4) is 0 Å². The van der Waals surface area contributed by atoms with E-state index in [1.54, 1.807) is 0 Å². The highest BCUT2D eigenvalue weighted by atomic mass is 16.5. The monoisotopic (exact) mass is 541 g/mol. The van der Waals surface area contributed by atoms with Crippen molar-refractivity contribution in [1.29, 1.82) is 0 Å². The first kappa shape index (κ1) is 30.3. The van der Waals surface area contributed by atoms with E-state index in [0.717, 1.165) is 63.5 Å². The van der Waals surface area contributed by atoms with E-state index < -0.39 is 5.41 Å². The Labute approximate surface area is 237 Å². The molecule has 2 saturated carbocycles. The van der Waals surface area contributed by atoms with Gasteiger partial charge < -0.3 is 9.26 Å². The lowest BCUT2D eigenvalue weighted by Crippen LogP contribution is -2.63. The first-order valence-corrected chi connectivity index (χ1v) is 15.5. The van der Waals surface area contributed by atoms with Gasteiger partial charge in [0.05, 0.1) is 18.7 Å². The minimum Gasteiger partial charge on any atom is -0.469 e. The number of carbonyl (C=O) groups is 2. The number of hydrogen-bond acceptors (Lipinski definition) is 5. The van der Waals surface area contributed by atoms with Crippen molar-refractivity contribution in [3.8, 4) is 0 Å². The lowest BCUT2D eigenvalue weighted by atomic mass is 9.36. The predicted molar refractivity (Wildman–Crippen MR) is 155 cm³/mol. The summed E-state index contributed by atoms with van der Waals surface area (Å²) >= 11 is 0. The fourth-order valence-corrected chi connectivity index (χ4v) is 9.87. The molecule has 1 heterocycles. The maximum Gasteiger partial charge on any atom is 0.311 e. The molecule has 5 nitrogen and oxygen atoms in total. The van der Waals surface area contributed by atoms with Gasteiger partial charge in [0.2, 0.25) is 0 Å². The van der Waals surface area contributed by atoms with Gasteiger partial charge in [-0.1, -0.05) is 67.0 Å². The zero-order chi connectivity index (χ0) is 29.1. The van der Waals surface area contributed by atoms with Crippen molar-refractivity contribution in [2.45, 2.75) is 138 Å². The van der Waals surface area contributed by atoms with E-state index in [-0.39, 0.29) is 33.0 Å². The summed E-state index contributed by atoms with van der Waals surface area (Å²) < 4.78 is 11.2. The largest absolute Gasteiger partial charge is 0.469 e. The van der Waals surface area contributed by atoms with E-state index >= 15 is 0 Å². The highest BCUT2D eigenvalue weighted by Gasteiger charge is 2.66. The third kappa shape index (κ3) is 4.92. The van der Waals surface area contributed by atoms with Crippen molar-refractivity contribution < 1.29 is 18.8 Å². The molecule has 3 aliphatic rings. The van der Waals surface area contributed by atoms with Crippen molar-refractivity contribution in [3.05, 3.63) is 17.5 Å². The van der Waals surface area contributed by atoms with Gasteiger partial charge in [-0.15, -0.1) is 0 Å². The quantitative estimate of drug-likeness (QED) is 0.293. The standard InChI is InChI=1S/C34H55NO4/c1-11-13-29(2,3)15-16-31(6,28(37)38-10)17-18-32(7)21-24(36)19-26-33(8)20-23-22-35-39-27(23)30(4,5)25(33)12-14-34(26,32)9/h22,25-26H,11-21H2,1-10H3/t25-,26+,31-,32+,33-,34+/m0/s1. The molecule has 39 heavy (non-hydrogen) atoms. The Kier molecular flexibility index (Phi) is 7.78. The molecule has 6 atom stereocenters. The molecule has 0 unspecified atom stereocenters. The zero-order valence-corrected chi connectivity index (χ0v) is 26.6. The summed E-state index contributed by atoms with van der Waals surface area (Å²) in [6.45, 7) is 20.9. The van der Waals surface area contributed by atoms with Crippen LogP contribution in [-0.4, -0.2) is 24.0 Å². The molecule has 2 fully saturated rings. The van der Waals surface area contributed by atoms with E-state index in [4.69, 9.17) is 9.26 Å². The van der Waals surface area contributed by atoms with Crippen molar-refractivity contribution >= 4 is 11.8 Å². The summed E-state index contributed by atoms with van der Waals surface area (Å²) in [5.74, 6) is 2.06. The molecule has 1 aromatic heterocycles. The van der Waals surface area contributed by atoms with Gasteiger partial charge in [0.15, 0.2) is 0 Å². The maximum absolute atomic E-state index is 13.6. The van der Waals surface area contributed by atoms with Crippen LogP contribution in [-0.2, 0) is 26.2 Å². The Morgan fingerprint density at radius 3 is 2.38 bits per heavy atom. The molecule has 1 aromatic rings. The number of hydrogen-bond donors (Lipinski definition) is 0. The van der Waals surface area contributed by atoms with E-state index in [1.807, 2.05) is 6.20 Å². The minimum atomic E-state index is -0.541. The van der Waals surface area contributed by atoms with Gasteiger partial charge in [-0.25, -0.2) is 0 Å². The second-order valence-corrected chi connectivity index (χ2v) is 16.1. The first-order valence-electron chi connectivity index (χ1n) is 15.5. The van der Waals surface area contributed by atoms with Crippen LogP contribution in [0.2, 0.25) is 0 Å². The third-order valence-electron chi connectivity index (χ3n) is 12.6. The Hall–Kier alpha value is -1.65. The molecule has 0 spiro atoms. The SMILES string of the molecule is CCCC(C)(C)CC[C@@](C)(CC[C@]1(C)CC(=O)C[C@@H]2[C@@]3(C)Cc4cnoc4C(C)(C)[C@@H]3CC[C@]21C)C(=O)OC. The van der Waals surface area contributed by atoms with Gasteiger partial charge in [0, 0.05) is 23.8 Å². The van der Waals surface area contributed by atoms with Gasteiger partial charge in [-0.3, -0.25) is 9.59 Å². The average molecular weight is 542 g/mol. The highest BCUT2D eigenvalue weighted by molar-refractivity contribution is 5.81. The molecule has 4 rings (SSSR count). The summed E-state index contributed by atoms with van der Waals surface area (Å²) in [7, 11) is 1.52. The number of carbonyl (C=O) groups excluding carboxylic acids is 2. The van der Waals surface area contributed by atoms with Crippen LogP contribution in [0.1, 0.15) is 138 Å². The zero-order valence-electron chi connectivity index (χ0n) is 26.6. The van der Waals surface area contributed by atoms with Crippen LogP contribution >= 0.6 is 0 Å². The topological polar surface area (TPSA) is 69.4 Å². The summed E-state index contributed by atoms with van der Waals surface area (Å²) in [4.78, 5) is 26.8. The fourth-order valence-electron chi connectivity index (χ4n) is 9.87. The molecule has 0 saturated heterocycles. The van der Waals surface area contributed by atoms with E-state index in [2.05, 4.69) is 67.5 Å². The van der Waals surface area contributed by atoms with Crippen LogP contribution < -0.4 is 0 Å². The van der Waals surface area contributed by atoms with Crippen molar-refractivity contribution in [3.63, 3.8) is 0 Å². The predicted octanol–water partition coefficient (Wildman–Crippen LogP) is 8.48. The van der Waals surface area contributed by atoms with Crippen LogP contribution in [0.4, 0.5) is 0 Å². The van der Waals surface area contributed by atoms with Crippen LogP contribution in [0, 0.1) is 38.9 Å². The number of ether oxygens (including phenoxy) is 1. The molecule has 0 aliphatic heterocycles. The van der Waals surface area contributed by atoms with Gasteiger partial charge in [0.25, 0.3) is 0 Å². The van der Waals surface area contributed by atoms with Crippen LogP contribution in [0.15, 0.2) is 10.7 Å². The Morgan fingerprint density at radius 2 is 1.74 bits per heavy atom. The van der Waals surface area contributed by atoms with Gasteiger partial charge in [0.1, 0.15) is 11.5 Å². The van der Waals surface area contributed by atoms with Crippen molar-refractivity contribution in [2.75, 3.05) is 7.11 Å². The molecular weight excluding hydrogens is 486 g/mol. The average Bonchev–Trinajstić information content (AvgIpc) is 3.31. The molecule has 0 N–H and O–H groups in total. The lowest BCUT2D eigenvalue weighted by molar-refractivity contribution is -0.181.